The summed E-state index contributed by atoms with van der Waals surface area (Å²) in [5.74, 6) is 0.141. The number of ketones is 1. The van der Waals surface area contributed by atoms with Crippen molar-refractivity contribution in [3.8, 4) is 5.69 Å². The molecule has 1 aromatic heterocycles. The SMILES string of the molecule is CC(C)(C)C(=O)c1ccccc1-n1ccnc1. The Morgan fingerprint density at radius 2 is 1.94 bits per heavy atom. The summed E-state index contributed by atoms with van der Waals surface area (Å²) in [5.41, 5.74) is 1.24. The van der Waals surface area contributed by atoms with Crippen LogP contribution in [0.25, 0.3) is 5.69 Å². The van der Waals surface area contributed by atoms with Gasteiger partial charge in [-0.05, 0) is 12.1 Å². The van der Waals surface area contributed by atoms with E-state index in [0.717, 1.165) is 11.3 Å². The Balaban J connectivity index is 2.53. The summed E-state index contributed by atoms with van der Waals surface area (Å²) in [4.78, 5) is 16.4. The van der Waals surface area contributed by atoms with Gasteiger partial charge in [0.25, 0.3) is 0 Å². The molecular formula is C14H16N2O. The number of rotatable bonds is 2. The third-order valence-electron chi connectivity index (χ3n) is 2.61. The van der Waals surface area contributed by atoms with E-state index in [1.54, 1.807) is 12.5 Å². The van der Waals surface area contributed by atoms with Crippen LogP contribution >= 0.6 is 0 Å². The van der Waals surface area contributed by atoms with Crippen LogP contribution in [-0.2, 0) is 0 Å². The second-order valence-electron chi connectivity index (χ2n) is 5.07. The fourth-order valence-electron chi connectivity index (χ4n) is 1.70. The van der Waals surface area contributed by atoms with E-state index < -0.39 is 0 Å². The van der Waals surface area contributed by atoms with Crippen LogP contribution in [0, 0.1) is 5.41 Å². The second-order valence-corrected chi connectivity index (χ2v) is 5.07. The van der Waals surface area contributed by atoms with Crippen molar-refractivity contribution in [2.24, 2.45) is 5.41 Å². The van der Waals surface area contributed by atoms with Crippen LogP contribution in [0.1, 0.15) is 31.1 Å². The second kappa shape index (κ2) is 4.17. The third kappa shape index (κ3) is 2.28. The molecule has 1 heterocycles. The summed E-state index contributed by atoms with van der Waals surface area (Å²) < 4.78 is 1.86. The lowest BCUT2D eigenvalue weighted by molar-refractivity contribution is 0.0858. The lowest BCUT2D eigenvalue weighted by Gasteiger charge is -2.19. The Kier molecular flexibility index (Phi) is 2.84. The zero-order valence-electron chi connectivity index (χ0n) is 10.3. The molecule has 0 aliphatic carbocycles. The average Bonchev–Trinajstić information content (AvgIpc) is 2.80. The van der Waals surface area contributed by atoms with Crippen LogP contribution in [-0.4, -0.2) is 15.3 Å². The highest BCUT2D eigenvalue weighted by Gasteiger charge is 2.25. The molecule has 0 aliphatic rings. The number of Topliss-reactive ketones (excluding diaryl/α,β-unsaturated/α-hetero) is 1. The monoisotopic (exact) mass is 228 g/mol. The topological polar surface area (TPSA) is 34.9 Å². The standard InChI is InChI=1S/C14H16N2O/c1-14(2,3)13(17)11-6-4-5-7-12(11)16-9-8-15-10-16/h4-10H,1-3H3. The van der Waals surface area contributed by atoms with Gasteiger partial charge >= 0.3 is 0 Å². The minimum atomic E-state index is -0.378. The van der Waals surface area contributed by atoms with Gasteiger partial charge in [-0.2, -0.15) is 0 Å². The number of nitrogens with zero attached hydrogens (tertiary/aromatic N) is 2. The van der Waals surface area contributed by atoms with Crippen molar-refractivity contribution in [1.29, 1.82) is 0 Å². The van der Waals surface area contributed by atoms with Crippen LogP contribution in [0.4, 0.5) is 0 Å². The maximum atomic E-state index is 12.3. The van der Waals surface area contributed by atoms with Gasteiger partial charge in [-0.15, -0.1) is 0 Å². The van der Waals surface area contributed by atoms with E-state index >= 15 is 0 Å². The Labute approximate surface area is 101 Å². The first-order valence-corrected chi connectivity index (χ1v) is 5.62. The van der Waals surface area contributed by atoms with Crippen LogP contribution in [0.15, 0.2) is 43.0 Å². The summed E-state index contributed by atoms with van der Waals surface area (Å²) in [6.07, 6.45) is 5.25. The summed E-state index contributed by atoms with van der Waals surface area (Å²) in [6.45, 7) is 5.79. The largest absolute Gasteiger partial charge is 0.306 e. The molecule has 0 saturated carbocycles. The zero-order valence-corrected chi connectivity index (χ0v) is 10.3. The third-order valence-corrected chi connectivity index (χ3v) is 2.61. The van der Waals surface area contributed by atoms with Crippen molar-refractivity contribution in [3.63, 3.8) is 0 Å². The van der Waals surface area contributed by atoms with E-state index in [-0.39, 0.29) is 11.2 Å². The molecule has 0 N–H and O–H groups in total. The predicted molar refractivity (Wildman–Crippen MR) is 67.3 cm³/mol. The molecule has 3 heteroatoms. The minimum absolute atomic E-state index is 0.141. The zero-order chi connectivity index (χ0) is 12.5. The number of benzene rings is 1. The molecule has 0 amide bonds. The van der Waals surface area contributed by atoms with Crippen LogP contribution in [0.3, 0.4) is 0 Å². The smallest absolute Gasteiger partial charge is 0.170 e. The molecule has 0 aliphatic heterocycles. The van der Waals surface area contributed by atoms with Crippen molar-refractivity contribution in [2.75, 3.05) is 0 Å². The van der Waals surface area contributed by atoms with Gasteiger partial charge in [-0.3, -0.25) is 4.79 Å². The van der Waals surface area contributed by atoms with Gasteiger partial charge in [0.15, 0.2) is 5.78 Å². The fourth-order valence-corrected chi connectivity index (χ4v) is 1.70. The van der Waals surface area contributed by atoms with E-state index in [1.165, 1.54) is 0 Å². The number of imidazole rings is 1. The molecule has 0 saturated heterocycles. The number of aromatic nitrogens is 2. The minimum Gasteiger partial charge on any atom is -0.306 e. The maximum absolute atomic E-state index is 12.3. The lowest BCUT2D eigenvalue weighted by atomic mass is 9.86. The van der Waals surface area contributed by atoms with Crippen molar-refractivity contribution < 1.29 is 4.79 Å². The summed E-state index contributed by atoms with van der Waals surface area (Å²) in [5, 5.41) is 0. The van der Waals surface area contributed by atoms with Gasteiger partial charge < -0.3 is 4.57 Å². The first kappa shape index (κ1) is 11.6. The molecule has 88 valence electrons. The maximum Gasteiger partial charge on any atom is 0.170 e. The van der Waals surface area contributed by atoms with E-state index in [9.17, 15) is 4.79 Å². The van der Waals surface area contributed by atoms with Gasteiger partial charge in [0.1, 0.15) is 0 Å². The quantitative estimate of drug-likeness (QED) is 0.740. The molecule has 0 atom stereocenters. The van der Waals surface area contributed by atoms with Crippen LogP contribution < -0.4 is 0 Å². The highest BCUT2D eigenvalue weighted by Crippen LogP contribution is 2.24. The highest BCUT2D eigenvalue weighted by molar-refractivity contribution is 6.02. The molecule has 0 bridgehead atoms. The van der Waals surface area contributed by atoms with E-state index in [0.29, 0.717) is 0 Å². The molecule has 2 aromatic rings. The number of hydrogen-bond donors (Lipinski definition) is 0. The van der Waals surface area contributed by atoms with Gasteiger partial charge in [0, 0.05) is 23.4 Å². The lowest BCUT2D eigenvalue weighted by Crippen LogP contribution is -2.21. The van der Waals surface area contributed by atoms with Gasteiger partial charge in [-0.25, -0.2) is 4.98 Å². The number of carbonyl (C=O) groups is 1. The molecule has 2 rings (SSSR count). The van der Waals surface area contributed by atoms with E-state index in [4.69, 9.17) is 0 Å². The Morgan fingerprint density at radius 1 is 1.24 bits per heavy atom. The van der Waals surface area contributed by atoms with Crippen LogP contribution in [0.5, 0.6) is 0 Å². The fraction of sp³-hybridized carbons (Fsp3) is 0.286. The Hall–Kier alpha value is -1.90. The molecule has 0 unspecified atom stereocenters. The van der Waals surface area contributed by atoms with Gasteiger partial charge in [-0.1, -0.05) is 32.9 Å². The highest BCUT2D eigenvalue weighted by atomic mass is 16.1. The molecule has 0 spiro atoms. The summed E-state index contributed by atoms with van der Waals surface area (Å²) in [7, 11) is 0. The number of carbonyl (C=O) groups excluding carboxylic acids is 1. The molecule has 0 fully saturated rings. The normalized spacial score (nSPS) is 11.5. The first-order valence-electron chi connectivity index (χ1n) is 5.62. The van der Waals surface area contributed by atoms with Crippen molar-refractivity contribution >= 4 is 5.78 Å². The molecule has 3 nitrogen and oxygen atoms in total. The summed E-state index contributed by atoms with van der Waals surface area (Å²) >= 11 is 0. The van der Waals surface area contributed by atoms with Gasteiger partial charge in [0.2, 0.25) is 0 Å². The molecule has 1 aromatic carbocycles. The molecular weight excluding hydrogens is 212 g/mol. The van der Waals surface area contributed by atoms with E-state index in [1.807, 2.05) is 55.8 Å². The average molecular weight is 228 g/mol. The predicted octanol–water partition coefficient (Wildman–Crippen LogP) is 3.10. The number of hydrogen-bond acceptors (Lipinski definition) is 2. The van der Waals surface area contributed by atoms with E-state index in [2.05, 4.69) is 4.98 Å². The first-order chi connectivity index (χ1) is 8.00. The van der Waals surface area contributed by atoms with Crippen LogP contribution in [0.2, 0.25) is 0 Å². The Morgan fingerprint density at radius 3 is 2.53 bits per heavy atom. The van der Waals surface area contributed by atoms with Crippen molar-refractivity contribution in [3.05, 3.63) is 48.5 Å². The summed E-state index contributed by atoms with van der Waals surface area (Å²) in [6, 6.07) is 7.61. The molecule has 17 heavy (non-hydrogen) atoms. The van der Waals surface area contributed by atoms with Crippen molar-refractivity contribution in [1.82, 2.24) is 9.55 Å². The number of para-hydroxylation sites is 1. The van der Waals surface area contributed by atoms with Crippen molar-refractivity contribution in [2.45, 2.75) is 20.8 Å². The van der Waals surface area contributed by atoms with Gasteiger partial charge in [0.05, 0.1) is 12.0 Å². The molecule has 0 radical (unpaired) electrons. The Bertz CT molecular complexity index is 521.